The molecule has 0 aliphatic heterocycles. The molecule has 5 nitrogen and oxygen atoms in total. The lowest BCUT2D eigenvalue weighted by Crippen LogP contribution is -2.34. The minimum Gasteiger partial charge on any atom is -0.506 e. The molecule has 0 spiro atoms. The van der Waals surface area contributed by atoms with Gasteiger partial charge in [0.15, 0.2) is 5.11 Å². The number of methoxy groups -OCH3 is 1. The zero-order valence-electron chi connectivity index (χ0n) is 11.9. The molecule has 120 valence electrons. The number of hydrogen-bond acceptors (Lipinski definition) is 4. The van der Waals surface area contributed by atoms with Gasteiger partial charge in [0, 0.05) is 10.6 Å². The first kappa shape index (κ1) is 17.5. The zero-order chi connectivity index (χ0) is 17.0. The van der Waals surface area contributed by atoms with Crippen LogP contribution in [0.25, 0.3) is 0 Å². The molecule has 0 aliphatic rings. The van der Waals surface area contributed by atoms with E-state index in [2.05, 4.69) is 26.6 Å². The molecule has 0 aromatic heterocycles. The largest absolute Gasteiger partial charge is 0.506 e. The number of benzene rings is 2. The lowest BCUT2D eigenvalue weighted by atomic mass is 10.2. The van der Waals surface area contributed by atoms with Crippen LogP contribution in [0.1, 0.15) is 10.4 Å². The molecule has 0 saturated carbocycles. The molecule has 23 heavy (non-hydrogen) atoms. The Labute approximate surface area is 151 Å². The van der Waals surface area contributed by atoms with E-state index >= 15 is 0 Å². The van der Waals surface area contributed by atoms with Gasteiger partial charge in [0.05, 0.1) is 17.3 Å². The maximum absolute atomic E-state index is 12.2. The summed E-state index contributed by atoms with van der Waals surface area (Å²) >= 11 is 14.2. The van der Waals surface area contributed by atoms with E-state index in [1.54, 1.807) is 24.3 Å². The molecule has 2 aromatic rings. The number of carbonyl (C=O) groups excluding carboxylic acids is 1. The molecule has 0 radical (unpaired) electrons. The van der Waals surface area contributed by atoms with Crippen LogP contribution in [0.3, 0.4) is 0 Å². The Morgan fingerprint density at radius 2 is 2.04 bits per heavy atom. The Morgan fingerprint density at radius 1 is 1.30 bits per heavy atom. The van der Waals surface area contributed by atoms with E-state index in [0.717, 1.165) is 0 Å². The summed E-state index contributed by atoms with van der Waals surface area (Å²) in [6.07, 6.45) is 0. The Bertz CT molecular complexity index is 770. The highest BCUT2D eigenvalue weighted by Gasteiger charge is 2.11. The Balaban J connectivity index is 2.06. The minimum absolute atomic E-state index is 0.0295. The number of anilines is 1. The fraction of sp³-hybridized carbons (Fsp3) is 0.0667. The standard InChI is InChI=1S/C15H12BrClN2O3S/c1-22-13-5-2-8(6-10(13)16)14(21)19-15(23)18-11-7-9(17)3-4-12(11)20/h2-7,20H,1H3,(H2,18,19,21,23). The molecule has 0 fully saturated rings. The smallest absolute Gasteiger partial charge is 0.257 e. The zero-order valence-corrected chi connectivity index (χ0v) is 15.1. The molecule has 0 saturated heterocycles. The maximum Gasteiger partial charge on any atom is 0.257 e. The molecular formula is C15H12BrClN2O3S. The van der Waals surface area contributed by atoms with E-state index in [1.807, 2.05) is 0 Å². The average molecular weight is 416 g/mol. The summed E-state index contributed by atoms with van der Waals surface area (Å²) in [7, 11) is 1.54. The number of phenolic OH excluding ortho intramolecular Hbond substituents is 1. The molecule has 1 amide bonds. The van der Waals surface area contributed by atoms with E-state index in [4.69, 9.17) is 28.6 Å². The molecule has 8 heteroatoms. The number of rotatable bonds is 3. The molecule has 3 N–H and O–H groups in total. The number of aromatic hydroxyl groups is 1. The van der Waals surface area contributed by atoms with Gasteiger partial charge >= 0.3 is 0 Å². The van der Waals surface area contributed by atoms with Crippen molar-refractivity contribution >= 4 is 56.5 Å². The Morgan fingerprint density at radius 3 is 2.70 bits per heavy atom. The molecule has 0 atom stereocenters. The molecule has 0 heterocycles. The first-order valence-corrected chi connectivity index (χ1v) is 7.93. The van der Waals surface area contributed by atoms with Gasteiger partial charge in [-0.15, -0.1) is 0 Å². The van der Waals surface area contributed by atoms with Gasteiger partial charge in [0.25, 0.3) is 5.91 Å². The van der Waals surface area contributed by atoms with Crippen LogP contribution in [0.5, 0.6) is 11.5 Å². The Hall–Kier alpha value is -1.83. The summed E-state index contributed by atoms with van der Waals surface area (Å²) in [5, 5.41) is 15.4. The number of ether oxygens (including phenoxy) is 1. The van der Waals surface area contributed by atoms with Crippen molar-refractivity contribution in [2.45, 2.75) is 0 Å². The number of halogens is 2. The van der Waals surface area contributed by atoms with Crippen molar-refractivity contribution in [2.24, 2.45) is 0 Å². The van der Waals surface area contributed by atoms with Gasteiger partial charge in [-0.2, -0.15) is 0 Å². The number of hydrogen-bond donors (Lipinski definition) is 3. The third-order valence-electron chi connectivity index (χ3n) is 2.85. The van der Waals surface area contributed by atoms with Crippen molar-refractivity contribution in [2.75, 3.05) is 12.4 Å². The molecule has 0 unspecified atom stereocenters. The quantitative estimate of drug-likeness (QED) is 0.523. The van der Waals surface area contributed by atoms with Crippen LogP contribution < -0.4 is 15.4 Å². The van der Waals surface area contributed by atoms with Crippen LogP contribution in [0.2, 0.25) is 5.02 Å². The predicted molar refractivity (Wildman–Crippen MR) is 97.5 cm³/mol. The summed E-state index contributed by atoms with van der Waals surface area (Å²) in [6.45, 7) is 0. The average Bonchev–Trinajstić information content (AvgIpc) is 2.50. The molecular weight excluding hydrogens is 404 g/mol. The lowest BCUT2D eigenvalue weighted by Gasteiger charge is -2.12. The first-order valence-electron chi connectivity index (χ1n) is 6.35. The van der Waals surface area contributed by atoms with Crippen molar-refractivity contribution in [3.8, 4) is 11.5 Å². The number of carbonyl (C=O) groups is 1. The van der Waals surface area contributed by atoms with Crippen molar-refractivity contribution < 1.29 is 14.6 Å². The van der Waals surface area contributed by atoms with Crippen LogP contribution in [0.4, 0.5) is 5.69 Å². The Kier molecular flexibility index (Phi) is 5.81. The van der Waals surface area contributed by atoms with Gasteiger partial charge in [0.2, 0.25) is 0 Å². The number of amides is 1. The normalized spacial score (nSPS) is 10.0. The second-order valence-electron chi connectivity index (χ2n) is 4.42. The molecule has 2 rings (SSSR count). The van der Waals surface area contributed by atoms with E-state index in [1.165, 1.54) is 19.2 Å². The third-order valence-corrected chi connectivity index (χ3v) is 3.91. The van der Waals surface area contributed by atoms with Crippen LogP contribution >= 0.6 is 39.7 Å². The summed E-state index contributed by atoms with van der Waals surface area (Å²) in [5.41, 5.74) is 0.704. The highest BCUT2D eigenvalue weighted by Crippen LogP contribution is 2.27. The van der Waals surface area contributed by atoms with Gasteiger partial charge in [0.1, 0.15) is 11.5 Å². The van der Waals surface area contributed by atoms with Crippen LogP contribution in [0.15, 0.2) is 40.9 Å². The van der Waals surface area contributed by atoms with E-state index in [9.17, 15) is 9.90 Å². The van der Waals surface area contributed by atoms with Crippen molar-refractivity contribution in [1.82, 2.24) is 5.32 Å². The SMILES string of the molecule is COc1ccc(C(=O)NC(=S)Nc2cc(Cl)ccc2O)cc1Br. The van der Waals surface area contributed by atoms with Crippen LogP contribution in [0, 0.1) is 0 Å². The number of phenols is 1. The van der Waals surface area contributed by atoms with Gasteiger partial charge in [-0.05, 0) is 64.5 Å². The topological polar surface area (TPSA) is 70.6 Å². The molecule has 2 aromatic carbocycles. The van der Waals surface area contributed by atoms with Crippen molar-refractivity contribution in [3.63, 3.8) is 0 Å². The summed E-state index contributed by atoms with van der Waals surface area (Å²) in [5.74, 6) is 0.191. The van der Waals surface area contributed by atoms with Gasteiger partial charge in [-0.3, -0.25) is 10.1 Å². The fourth-order valence-electron chi connectivity index (χ4n) is 1.74. The van der Waals surface area contributed by atoms with Crippen molar-refractivity contribution in [1.29, 1.82) is 0 Å². The van der Waals surface area contributed by atoms with Crippen molar-refractivity contribution in [3.05, 3.63) is 51.5 Å². The highest BCUT2D eigenvalue weighted by molar-refractivity contribution is 9.10. The fourth-order valence-corrected chi connectivity index (χ4v) is 2.66. The molecule has 0 aliphatic carbocycles. The summed E-state index contributed by atoms with van der Waals surface area (Å²) in [4.78, 5) is 12.2. The van der Waals surface area contributed by atoms with E-state index < -0.39 is 5.91 Å². The lowest BCUT2D eigenvalue weighted by molar-refractivity contribution is 0.0977. The van der Waals surface area contributed by atoms with Gasteiger partial charge in [-0.25, -0.2) is 0 Å². The highest BCUT2D eigenvalue weighted by atomic mass is 79.9. The predicted octanol–water partition coefficient (Wildman–Crippen LogP) is 3.94. The number of nitrogens with one attached hydrogen (secondary N) is 2. The van der Waals surface area contributed by atoms with Gasteiger partial charge < -0.3 is 15.2 Å². The second kappa shape index (κ2) is 7.63. The number of thiocarbonyl (C=S) groups is 1. The van der Waals surface area contributed by atoms with E-state index in [-0.39, 0.29) is 10.9 Å². The summed E-state index contributed by atoms with van der Waals surface area (Å²) < 4.78 is 5.76. The van der Waals surface area contributed by atoms with Gasteiger partial charge in [-0.1, -0.05) is 11.6 Å². The minimum atomic E-state index is -0.396. The maximum atomic E-state index is 12.2. The van der Waals surface area contributed by atoms with Crippen LogP contribution in [-0.4, -0.2) is 23.2 Å². The summed E-state index contributed by atoms with van der Waals surface area (Å²) in [6, 6.07) is 9.36. The van der Waals surface area contributed by atoms with Crippen LogP contribution in [-0.2, 0) is 0 Å². The van der Waals surface area contributed by atoms with E-state index in [0.29, 0.717) is 26.5 Å². The molecule has 0 bridgehead atoms. The monoisotopic (exact) mass is 414 g/mol. The third kappa shape index (κ3) is 4.57. The first-order chi connectivity index (χ1) is 10.9. The second-order valence-corrected chi connectivity index (χ2v) is 6.12.